The highest BCUT2D eigenvalue weighted by molar-refractivity contribution is 6.61. The van der Waals surface area contributed by atoms with Crippen LogP contribution in [0.1, 0.15) is 46.5 Å². The fourth-order valence-corrected chi connectivity index (χ4v) is 8.66. The predicted molar refractivity (Wildman–Crippen MR) is 149 cm³/mol. The maximum atomic E-state index is 5.65. The SMILES string of the molecule is CCO[Si](CCCN)(OCC)OCC.CO[SiH](CCCCN)OC.CO[Si](CCCN)(OC)OC. The fourth-order valence-electron chi connectivity index (χ4n) is 2.98. The lowest BCUT2D eigenvalue weighted by atomic mass is 10.3. The molecule has 6 N–H and O–H groups in total. The van der Waals surface area contributed by atoms with Gasteiger partial charge in [-0.25, -0.2) is 0 Å². The Hall–Kier alpha value is 0.211. The largest absolute Gasteiger partial charge is 0.500 e. The first kappa shape index (κ1) is 39.7. The Balaban J connectivity index is -0.000000447. The van der Waals surface area contributed by atoms with Crippen LogP contribution in [0.15, 0.2) is 0 Å². The molecule has 0 spiro atoms. The molecule has 35 heavy (non-hydrogen) atoms. The van der Waals surface area contributed by atoms with Crippen molar-refractivity contribution >= 4 is 26.9 Å². The molecule has 0 bridgehead atoms. The van der Waals surface area contributed by atoms with Crippen molar-refractivity contribution in [1.82, 2.24) is 0 Å². The van der Waals surface area contributed by atoms with Gasteiger partial charge in [0, 0.05) is 67.5 Å². The molecule has 0 heterocycles. The Bertz CT molecular complexity index is 389. The molecule has 0 aromatic heterocycles. The number of hydrogen-bond acceptors (Lipinski definition) is 11. The van der Waals surface area contributed by atoms with Gasteiger partial charge >= 0.3 is 26.9 Å². The van der Waals surface area contributed by atoms with Gasteiger partial charge < -0.3 is 52.6 Å². The van der Waals surface area contributed by atoms with E-state index in [1.54, 1.807) is 35.5 Å². The third-order valence-electron chi connectivity index (χ3n) is 4.82. The van der Waals surface area contributed by atoms with E-state index < -0.39 is 26.9 Å². The molecule has 0 aliphatic heterocycles. The summed E-state index contributed by atoms with van der Waals surface area (Å²) in [5.74, 6) is 0. The summed E-state index contributed by atoms with van der Waals surface area (Å²) < 4.78 is 42.7. The minimum Gasteiger partial charge on any atom is -0.400 e. The summed E-state index contributed by atoms with van der Waals surface area (Å²) in [5.41, 5.74) is 16.2. The molecule has 11 nitrogen and oxygen atoms in total. The number of rotatable bonds is 21. The van der Waals surface area contributed by atoms with E-state index in [2.05, 4.69) is 0 Å². The van der Waals surface area contributed by atoms with Crippen molar-refractivity contribution in [1.29, 1.82) is 0 Å². The summed E-state index contributed by atoms with van der Waals surface area (Å²) in [7, 11) is 2.25. The van der Waals surface area contributed by atoms with Crippen molar-refractivity contribution in [3.63, 3.8) is 0 Å². The molecule has 0 saturated carbocycles. The van der Waals surface area contributed by atoms with Crippen LogP contribution in [0.5, 0.6) is 0 Å². The van der Waals surface area contributed by atoms with Crippen molar-refractivity contribution in [3.05, 3.63) is 0 Å². The summed E-state index contributed by atoms with van der Waals surface area (Å²) in [4.78, 5) is 0. The average Bonchev–Trinajstić information content (AvgIpc) is 2.88. The van der Waals surface area contributed by atoms with E-state index in [4.69, 9.17) is 52.6 Å². The van der Waals surface area contributed by atoms with Crippen LogP contribution in [-0.4, -0.2) is 102 Å². The van der Waals surface area contributed by atoms with Gasteiger partial charge in [-0.15, -0.1) is 0 Å². The lowest BCUT2D eigenvalue weighted by molar-refractivity contribution is 0.0710. The third-order valence-corrected chi connectivity index (χ3v) is 12.7. The molecule has 216 valence electrons. The summed E-state index contributed by atoms with van der Waals surface area (Å²) in [5, 5.41) is 0. The number of nitrogens with two attached hydrogens (primary N) is 3. The van der Waals surface area contributed by atoms with Crippen LogP contribution >= 0.6 is 0 Å². The minimum absolute atomic E-state index is 0.636. The molecular weight excluding hydrogens is 507 g/mol. The molecule has 0 amide bonds. The van der Waals surface area contributed by atoms with E-state index in [0.29, 0.717) is 32.9 Å². The van der Waals surface area contributed by atoms with Crippen LogP contribution in [0.25, 0.3) is 0 Å². The monoisotopic (exact) mass is 563 g/mol. The van der Waals surface area contributed by atoms with Crippen LogP contribution < -0.4 is 17.2 Å². The summed E-state index contributed by atoms with van der Waals surface area (Å²) in [6.45, 7) is 9.86. The van der Waals surface area contributed by atoms with Gasteiger partial charge in [-0.05, 0) is 65.7 Å². The molecule has 0 aromatic rings. The minimum atomic E-state index is -2.40. The molecule has 0 aromatic carbocycles. The molecule has 0 unspecified atom stereocenters. The van der Waals surface area contributed by atoms with E-state index >= 15 is 0 Å². The number of unbranched alkanes of at least 4 members (excludes halogenated alkanes) is 1. The lowest BCUT2D eigenvalue weighted by Gasteiger charge is -2.28. The van der Waals surface area contributed by atoms with E-state index in [1.807, 2.05) is 20.8 Å². The fraction of sp³-hybridized carbons (Fsp3) is 1.00. The van der Waals surface area contributed by atoms with Crippen LogP contribution in [0.3, 0.4) is 0 Å². The normalized spacial score (nSPS) is 11.7. The summed E-state index contributed by atoms with van der Waals surface area (Å²) in [6.07, 6.45) is 3.99. The van der Waals surface area contributed by atoms with Gasteiger partial charge in [0.05, 0.1) is 0 Å². The van der Waals surface area contributed by atoms with Gasteiger partial charge in [0.15, 0.2) is 0 Å². The Morgan fingerprint density at radius 1 is 0.543 bits per heavy atom. The van der Waals surface area contributed by atoms with Crippen molar-refractivity contribution in [2.45, 2.75) is 64.6 Å². The third kappa shape index (κ3) is 22.0. The average molecular weight is 564 g/mol. The molecule has 0 saturated heterocycles. The molecule has 0 atom stereocenters. The van der Waals surface area contributed by atoms with Gasteiger partial charge in [0.2, 0.25) is 0 Å². The molecule has 0 fully saturated rings. The van der Waals surface area contributed by atoms with Crippen molar-refractivity contribution < 1.29 is 35.4 Å². The molecule has 0 aliphatic rings. The zero-order chi connectivity index (χ0) is 27.4. The quantitative estimate of drug-likeness (QED) is 0.138. The second-order valence-corrected chi connectivity index (χ2v) is 15.4. The first-order valence-electron chi connectivity index (χ1n) is 12.6. The van der Waals surface area contributed by atoms with Crippen molar-refractivity contribution in [2.75, 3.05) is 75.0 Å². The summed E-state index contributed by atoms with van der Waals surface area (Å²) in [6, 6.07) is 2.68. The van der Waals surface area contributed by atoms with E-state index in [1.165, 1.54) is 0 Å². The maximum absolute atomic E-state index is 5.65. The van der Waals surface area contributed by atoms with Crippen LogP contribution in [-0.2, 0) is 35.4 Å². The first-order valence-corrected chi connectivity index (χ1v) is 18.2. The molecule has 0 aliphatic carbocycles. The van der Waals surface area contributed by atoms with Gasteiger partial charge in [0.25, 0.3) is 0 Å². The highest BCUT2D eigenvalue weighted by Crippen LogP contribution is 2.17. The maximum Gasteiger partial charge on any atom is 0.500 e. The van der Waals surface area contributed by atoms with Gasteiger partial charge in [-0.1, -0.05) is 6.42 Å². The Morgan fingerprint density at radius 2 is 0.914 bits per heavy atom. The first-order chi connectivity index (χ1) is 16.8. The van der Waals surface area contributed by atoms with E-state index in [9.17, 15) is 0 Å². The number of hydrogen-bond donors (Lipinski definition) is 3. The van der Waals surface area contributed by atoms with E-state index in [0.717, 1.165) is 50.4 Å². The highest BCUT2D eigenvalue weighted by Gasteiger charge is 2.39. The van der Waals surface area contributed by atoms with Gasteiger partial charge in [-0.2, -0.15) is 0 Å². The van der Waals surface area contributed by atoms with Crippen LogP contribution in [0.4, 0.5) is 0 Å². The van der Waals surface area contributed by atoms with Crippen molar-refractivity contribution in [2.24, 2.45) is 17.2 Å². The Kier molecular flexibility index (Phi) is 32.7. The molecular formula is C21H57N3O8Si3. The van der Waals surface area contributed by atoms with Crippen LogP contribution in [0.2, 0.25) is 18.1 Å². The van der Waals surface area contributed by atoms with Gasteiger partial charge in [-0.3, -0.25) is 0 Å². The van der Waals surface area contributed by atoms with E-state index in [-0.39, 0.29) is 0 Å². The Morgan fingerprint density at radius 3 is 1.20 bits per heavy atom. The second-order valence-electron chi connectivity index (χ2n) is 7.25. The lowest BCUT2D eigenvalue weighted by Crippen LogP contribution is -2.46. The summed E-state index contributed by atoms with van der Waals surface area (Å²) >= 11 is 0. The molecule has 14 heteroatoms. The highest BCUT2D eigenvalue weighted by atomic mass is 28.4. The predicted octanol–water partition coefficient (Wildman–Crippen LogP) is 1.84. The smallest absolute Gasteiger partial charge is 0.400 e. The molecule has 0 radical (unpaired) electrons. The van der Waals surface area contributed by atoms with Crippen molar-refractivity contribution in [3.8, 4) is 0 Å². The second kappa shape index (κ2) is 28.8. The van der Waals surface area contributed by atoms with Crippen LogP contribution in [0, 0.1) is 0 Å². The zero-order valence-electron chi connectivity index (χ0n) is 23.8. The zero-order valence-corrected chi connectivity index (χ0v) is 26.9. The molecule has 0 rings (SSSR count). The van der Waals surface area contributed by atoms with Gasteiger partial charge in [0.1, 0.15) is 0 Å². The topological polar surface area (TPSA) is 152 Å². The Labute approximate surface area is 219 Å². The standard InChI is InChI=1S/C9H23NO3Si.C6H17NO3Si.C6H17NO2Si/c1-4-11-14(12-5-2,13-6-3)9-7-8-10;1-8-11(9-2,10-3)6-4-5-7;1-8-10(9-2)6-4-3-5-7/h4-10H2,1-3H3;4-7H2,1-3H3;10H,3-7H2,1-2H3.